The fraction of sp³-hybridized carbons (Fsp3) is 0.556. The molecule has 7 N–H and O–H groups in total. The molecular formula is C27H39N7O8S. The van der Waals surface area contributed by atoms with Crippen molar-refractivity contribution in [2.75, 3.05) is 13.1 Å². The SMILES string of the molecule is CC1=CC(=O)NS(=O)(=O)O1.N=C(N)c1ccc(CNC(=O)C2CCCN2C(=O)C(CC2CCCCC2)NCC(=O)O)cn1. The number of hydrogen-bond acceptors (Lipinski definition) is 10. The van der Waals surface area contributed by atoms with Crippen molar-refractivity contribution >= 4 is 39.8 Å². The first-order valence-electron chi connectivity index (χ1n) is 14.1. The van der Waals surface area contributed by atoms with E-state index in [1.165, 1.54) is 13.3 Å². The maximum Gasteiger partial charge on any atom is 0.409 e. The van der Waals surface area contributed by atoms with Gasteiger partial charge in [-0.1, -0.05) is 38.2 Å². The van der Waals surface area contributed by atoms with Gasteiger partial charge < -0.3 is 25.2 Å². The van der Waals surface area contributed by atoms with Crippen LogP contribution in [0.25, 0.3) is 0 Å². The van der Waals surface area contributed by atoms with E-state index in [4.69, 9.17) is 16.2 Å². The fourth-order valence-electron chi connectivity index (χ4n) is 5.29. The van der Waals surface area contributed by atoms with E-state index < -0.39 is 34.3 Å². The van der Waals surface area contributed by atoms with Crippen LogP contribution in [0.4, 0.5) is 0 Å². The molecule has 236 valence electrons. The van der Waals surface area contributed by atoms with Gasteiger partial charge in [0.1, 0.15) is 23.3 Å². The number of nitrogens with zero attached hydrogens (tertiary/aromatic N) is 2. The summed E-state index contributed by atoms with van der Waals surface area (Å²) < 4.78 is 26.8. The van der Waals surface area contributed by atoms with Gasteiger partial charge in [-0.05, 0) is 43.7 Å². The molecule has 1 aromatic rings. The quantitative estimate of drug-likeness (QED) is 0.153. The van der Waals surface area contributed by atoms with Crippen molar-refractivity contribution < 1.29 is 36.9 Å². The number of carboxylic acid groups (broad SMARTS) is 1. The van der Waals surface area contributed by atoms with E-state index in [1.54, 1.807) is 28.0 Å². The number of nitrogen functional groups attached to an aromatic ring is 1. The van der Waals surface area contributed by atoms with Gasteiger partial charge in [0.2, 0.25) is 11.8 Å². The number of carbonyl (C=O) groups is 4. The molecule has 3 amide bonds. The molecule has 2 fully saturated rings. The zero-order valence-electron chi connectivity index (χ0n) is 24.0. The lowest BCUT2D eigenvalue weighted by molar-refractivity contribution is -0.141. The standard InChI is InChI=1S/C23H34N6O4.C4H5NO4S/c24-21(25)17-9-8-16(12-26-17)13-28-22(32)19-7-4-10-29(19)23(33)18(27-14-20(30)31)11-15-5-2-1-3-6-15;1-3-2-4(6)5-10(7,8)9-3/h8-9,12,15,18-19,27H,1-7,10-11,13-14H2,(H3,24,25)(H,28,32)(H,30,31);2H,1H3,(H,5,6). The molecule has 16 heteroatoms. The van der Waals surface area contributed by atoms with Crippen molar-refractivity contribution in [1.29, 1.82) is 5.41 Å². The first-order valence-corrected chi connectivity index (χ1v) is 15.5. The van der Waals surface area contributed by atoms with Crippen molar-refractivity contribution in [2.45, 2.75) is 76.9 Å². The summed E-state index contributed by atoms with van der Waals surface area (Å²) in [5, 5.41) is 22.3. The summed E-state index contributed by atoms with van der Waals surface area (Å²) in [6.45, 7) is 1.85. The lowest BCUT2D eigenvalue weighted by atomic mass is 9.84. The first kappa shape index (κ1) is 33.5. The van der Waals surface area contributed by atoms with E-state index in [0.29, 0.717) is 31.0 Å². The number of amides is 3. The number of rotatable bonds is 10. The average Bonchev–Trinajstić information content (AvgIpc) is 3.43. The molecule has 0 radical (unpaired) electrons. The first-order chi connectivity index (χ1) is 20.3. The molecule has 1 saturated heterocycles. The van der Waals surface area contributed by atoms with Gasteiger partial charge in [0.25, 0.3) is 5.91 Å². The molecule has 1 saturated carbocycles. The lowest BCUT2D eigenvalue weighted by Gasteiger charge is -2.31. The number of nitrogens with two attached hydrogens (primary N) is 1. The third kappa shape index (κ3) is 10.6. The smallest absolute Gasteiger partial charge is 0.409 e. The van der Waals surface area contributed by atoms with Crippen LogP contribution < -0.4 is 21.1 Å². The lowest BCUT2D eigenvalue weighted by Crippen LogP contribution is -2.53. The van der Waals surface area contributed by atoms with Gasteiger partial charge in [0, 0.05) is 25.4 Å². The highest BCUT2D eigenvalue weighted by Gasteiger charge is 2.38. The van der Waals surface area contributed by atoms with Crippen LogP contribution in [-0.2, 0) is 40.2 Å². The van der Waals surface area contributed by atoms with Crippen molar-refractivity contribution in [3.63, 3.8) is 0 Å². The zero-order chi connectivity index (χ0) is 31.6. The number of amidine groups is 1. The Morgan fingerprint density at radius 3 is 2.51 bits per heavy atom. The van der Waals surface area contributed by atoms with Crippen LogP contribution in [-0.4, -0.2) is 78.1 Å². The monoisotopic (exact) mass is 621 g/mol. The van der Waals surface area contributed by atoms with E-state index in [2.05, 4.69) is 19.8 Å². The highest BCUT2D eigenvalue weighted by Crippen LogP contribution is 2.29. The Morgan fingerprint density at radius 1 is 1.21 bits per heavy atom. The van der Waals surface area contributed by atoms with Crippen molar-refractivity contribution in [2.24, 2.45) is 11.7 Å². The minimum atomic E-state index is -3.85. The number of carbonyl (C=O) groups excluding carboxylic acids is 3. The van der Waals surface area contributed by atoms with Gasteiger partial charge >= 0.3 is 16.3 Å². The number of aliphatic carboxylic acids is 1. The van der Waals surface area contributed by atoms with Gasteiger partial charge in [-0.2, -0.15) is 8.42 Å². The molecule has 0 aromatic carbocycles. The van der Waals surface area contributed by atoms with Crippen LogP contribution in [0.3, 0.4) is 0 Å². The Labute approximate surface area is 250 Å². The molecule has 4 rings (SSSR count). The van der Waals surface area contributed by atoms with Crippen LogP contribution in [0.2, 0.25) is 0 Å². The zero-order valence-corrected chi connectivity index (χ0v) is 24.8. The summed E-state index contributed by atoms with van der Waals surface area (Å²) in [6.07, 6.45) is 10.1. The molecule has 3 heterocycles. The molecular weight excluding hydrogens is 582 g/mol. The van der Waals surface area contributed by atoms with Crippen LogP contribution in [0.15, 0.2) is 30.2 Å². The van der Waals surface area contributed by atoms with Gasteiger partial charge in [0.05, 0.1) is 12.6 Å². The normalized spacial score (nSPS) is 20.4. The summed E-state index contributed by atoms with van der Waals surface area (Å²) in [5.74, 6) is -1.75. The maximum absolute atomic E-state index is 13.4. The second-order valence-corrected chi connectivity index (χ2v) is 12.0. The van der Waals surface area contributed by atoms with E-state index >= 15 is 0 Å². The molecule has 15 nitrogen and oxygen atoms in total. The summed E-state index contributed by atoms with van der Waals surface area (Å²) >= 11 is 0. The van der Waals surface area contributed by atoms with Crippen molar-refractivity contribution in [1.82, 2.24) is 25.2 Å². The summed E-state index contributed by atoms with van der Waals surface area (Å²) in [4.78, 5) is 53.5. The van der Waals surface area contributed by atoms with Crippen LogP contribution in [0.1, 0.15) is 69.5 Å². The third-order valence-electron chi connectivity index (χ3n) is 7.30. The summed E-state index contributed by atoms with van der Waals surface area (Å²) in [6, 6.07) is 2.21. The molecule has 0 spiro atoms. The van der Waals surface area contributed by atoms with Crippen molar-refractivity contribution in [3.8, 4) is 0 Å². The average molecular weight is 622 g/mol. The number of hydrogen-bond donors (Lipinski definition) is 6. The van der Waals surface area contributed by atoms with E-state index in [1.807, 2.05) is 0 Å². The Bertz CT molecular complexity index is 1330. The van der Waals surface area contributed by atoms with E-state index in [9.17, 15) is 27.6 Å². The molecule has 1 aliphatic carbocycles. The number of likely N-dealkylation sites (tertiary alicyclic amines) is 1. The summed E-state index contributed by atoms with van der Waals surface area (Å²) in [7, 11) is -3.85. The number of allylic oxidation sites excluding steroid dienone is 1. The largest absolute Gasteiger partial charge is 0.480 e. The highest BCUT2D eigenvalue weighted by molar-refractivity contribution is 7.85. The number of pyridine rings is 1. The second kappa shape index (κ2) is 15.4. The Balaban J connectivity index is 0.000000428. The maximum atomic E-state index is 13.4. The Morgan fingerprint density at radius 2 is 1.93 bits per heavy atom. The molecule has 2 atom stereocenters. The summed E-state index contributed by atoms with van der Waals surface area (Å²) in [5.41, 5.74) is 6.55. The van der Waals surface area contributed by atoms with Crippen molar-refractivity contribution in [3.05, 3.63) is 41.4 Å². The minimum absolute atomic E-state index is 0.0729. The topological polar surface area (TPSA) is 234 Å². The molecule has 2 aliphatic heterocycles. The fourth-order valence-corrected chi connectivity index (χ4v) is 6.03. The molecule has 0 bridgehead atoms. The van der Waals surface area contributed by atoms with Gasteiger partial charge in [-0.15, -0.1) is 0 Å². The van der Waals surface area contributed by atoms with Gasteiger partial charge in [-0.3, -0.25) is 34.9 Å². The third-order valence-corrected chi connectivity index (χ3v) is 8.23. The van der Waals surface area contributed by atoms with Gasteiger partial charge in [0.15, 0.2) is 0 Å². The van der Waals surface area contributed by atoms with Crippen LogP contribution in [0, 0.1) is 11.3 Å². The minimum Gasteiger partial charge on any atom is -0.480 e. The number of nitrogens with one attached hydrogen (secondary N) is 4. The molecule has 43 heavy (non-hydrogen) atoms. The van der Waals surface area contributed by atoms with Crippen LogP contribution >= 0.6 is 0 Å². The van der Waals surface area contributed by atoms with Crippen LogP contribution in [0.5, 0.6) is 0 Å². The number of aromatic nitrogens is 1. The molecule has 3 aliphatic rings. The van der Waals surface area contributed by atoms with Gasteiger partial charge in [-0.25, -0.2) is 4.72 Å². The molecule has 2 unspecified atom stereocenters. The number of carboxylic acids is 1. The second-order valence-electron chi connectivity index (χ2n) is 10.7. The Hall–Kier alpha value is -4.05. The predicted molar refractivity (Wildman–Crippen MR) is 154 cm³/mol. The predicted octanol–water partition coefficient (Wildman–Crippen LogP) is 0.267. The van der Waals surface area contributed by atoms with E-state index in [-0.39, 0.29) is 36.5 Å². The highest BCUT2D eigenvalue weighted by atomic mass is 32.2. The van der Waals surface area contributed by atoms with E-state index in [0.717, 1.165) is 43.7 Å². The Kier molecular flexibility index (Phi) is 12.0. The molecule has 1 aromatic heterocycles.